The molecule has 2 aromatic carbocycles. The van der Waals surface area contributed by atoms with Gasteiger partial charge in [-0.3, -0.25) is 15.0 Å². The second kappa shape index (κ2) is 10.4. The van der Waals surface area contributed by atoms with Crippen LogP contribution in [-0.2, 0) is 20.9 Å². The molecule has 0 fully saturated rings. The van der Waals surface area contributed by atoms with E-state index in [1.54, 1.807) is 36.6 Å². The third-order valence-electron chi connectivity index (χ3n) is 4.05. The van der Waals surface area contributed by atoms with Crippen molar-refractivity contribution in [2.45, 2.75) is 20.5 Å². The quantitative estimate of drug-likeness (QED) is 0.534. The Morgan fingerprint density at radius 3 is 2.39 bits per heavy atom. The summed E-state index contributed by atoms with van der Waals surface area (Å²) >= 11 is 1.29. The summed E-state index contributed by atoms with van der Waals surface area (Å²) < 4.78 is 10.1. The van der Waals surface area contributed by atoms with Crippen LogP contribution in [0.3, 0.4) is 0 Å². The van der Waals surface area contributed by atoms with Crippen LogP contribution < -0.4 is 10.2 Å². The lowest BCUT2D eigenvalue weighted by atomic mass is 10.2. The van der Waals surface area contributed by atoms with Gasteiger partial charge in [0.25, 0.3) is 0 Å². The third kappa shape index (κ3) is 5.89. The molecule has 0 saturated heterocycles. The Hall–Kier alpha value is -3.72. The highest BCUT2D eigenvalue weighted by Gasteiger charge is 2.18. The lowest BCUT2D eigenvalue weighted by molar-refractivity contribution is -0.115. The Bertz CT molecular complexity index is 1050. The van der Waals surface area contributed by atoms with E-state index in [0.717, 1.165) is 0 Å². The van der Waals surface area contributed by atoms with Crippen molar-refractivity contribution in [3.8, 4) is 0 Å². The van der Waals surface area contributed by atoms with E-state index >= 15 is 0 Å². The average molecular weight is 439 g/mol. The maximum absolute atomic E-state index is 12.3. The molecule has 160 valence electrons. The van der Waals surface area contributed by atoms with Gasteiger partial charge in [0.2, 0.25) is 5.91 Å². The van der Waals surface area contributed by atoms with Crippen LogP contribution in [0.4, 0.5) is 21.3 Å². The summed E-state index contributed by atoms with van der Waals surface area (Å²) in [5, 5.41) is 4.79. The van der Waals surface area contributed by atoms with Gasteiger partial charge in [-0.25, -0.2) is 14.6 Å². The van der Waals surface area contributed by atoms with Crippen LogP contribution >= 0.6 is 11.3 Å². The fourth-order valence-corrected chi connectivity index (χ4v) is 3.54. The number of benzene rings is 2. The van der Waals surface area contributed by atoms with Crippen LogP contribution in [0.2, 0.25) is 0 Å². The predicted octanol–water partition coefficient (Wildman–Crippen LogP) is 4.75. The number of ether oxygens (including phenoxy) is 2. The normalized spacial score (nSPS) is 10.3. The highest BCUT2D eigenvalue weighted by molar-refractivity contribution is 7.14. The van der Waals surface area contributed by atoms with E-state index in [-0.39, 0.29) is 19.1 Å². The molecule has 0 aliphatic carbocycles. The van der Waals surface area contributed by atoms with E-state index < -0.39 is 12.1 Å². The Kier molecular flexibility index (Phi) is 7.34. The van der Waals surface area contributed by atoms with Gasteiger partial charge in [-0.2, -0.15) is 0 Å². The summed E-state index contributed by atoms with van der Waals surface area (Å²) in [6.07, 6.45) is -0.563. The van der Waals surface area contributed by atoms with Crippen LogP contribution in [0.25, 0.3) is 0 Å². The van der Waals surface area contributed by atoms with Gasteiger partial charge in [-0.15, -0.1) is 11.3 Å². The molecule has 0 aliphatic heterocycles. The molecule has 3 aromatic rings. The minimum atomic E-state index is -0.563. The minimum Gasteiger partial charge on any atom is -0.456 e. The first kappa shape index (κ1) is 22.0. The molecule has 9 heteroatoms. The molecule has 1 heterocycles. The second-order valence-corrected chi connectivity index (χ2v) is 7.15. The highest BCUT2D eigenvalue weighted by atomic mass is 32.1. The molecule has 3 rings (SSSR count). The standard InChI is InChI=1S/C22H21N3O5S/c1-3-29-22(28)24-17-11-9-16(10-12-17)20(27)30-13-18-14-31-21(23-18)25(15(2)26)19-7-5-4-6-8-19/h4-12,14H,3,13H2,1-2H3,(H,24,28). The number of amides is 2. The topological polar surface area (TPSA) is 97.8 Å². The molecule has 0 unspecified atom stereocenters. The molecular formula is C22H21N3O5S. The SMILES string of the molecule is CCOC(=O)Nc1ccc(C(=O)OCc2csc(N(C(C)=O)c3ccccc3)n2)cc1. The van der Waals surface area contributed by atoms with Crippen molar-refractivity contribution >= 4 is 45.8 Å². The average Bonchev–Trinajstić information content (AvgIpc) is 3.21. The largest absolute Gasteiger partial charge is 0.456 e. The number of thiazole rings is 1. The van der Waals surface area contributed by atoms with Crippen molar-refractivity contribution < 1.29 is 23.9 Å². The van der Waals surface area contributed by atoms with Gasteiger partial charge in [0.1, 0.15) is 6.61 Å². The first-order chi connectivity index (χ1) is 15.0. The van der Waals surface area contributed by atoms with Gasteiger partial charge >= 0.3 is 12.1 Å². The summed E-state index contributed by atoms with van der Waals surface area (Å²) in [5.74, 6) is -0.690. The van der Waals surface area contributed by atoms with E-state index in [0.29, 0.717) is 27.8 Å². The Morgan fingerprint density at radius 1 is 1.03 bits per heavy atom. The maximum atomic E-state index is 12.3. The van der Waals surface area contributed by atoms with Crippen LogP contribution in [0, 0.1) is 0 Å². The van der Waals surface area contributed by atoms with Crippen LogP contribution in [-0.4, -0.2) is 29.6 Å². The van der Waals surface area contributed by atoms with Crippen molar-refractivity contribution in [2.24, 2.45) is 0 Å². The fraction of sp³-hybridized carbons (Fsp3) is 0.182. The number of hydrogen-bond donors (Lipinski definition) is 1. The molecule has 0 atom stereocenters. The first-order valence-electron chi connectivity index (χ1n) is 9.49. The lowest BCUT2D eigenvalue weighted by Gasteiger charge is -2.17. The Labute approximate surface area is 183 Å². The number of nitrogens with zero attached hydrogens (tertiary/aromatic N) is 2. The Balaban J connectivity index is 1.60. The molecule has 0 bridgehead atoms. The second-order valence-electron chi connectivity index (χ2n) is 6.31. The molecule has 0 saturated carbocycles. The lowest BCUT2D eigenvalue weighted by Crippen LogP contribution is -2.22. The van der Waals surface area contributed by atoms with Gasteiger partial charge in [0, 0.05) is 18.0 Å². The number of rotatable bonds is 7. The van der Waals surface area contributed by atoms with Crippen molar-refractivity contribution in [1.29, 1.82) is 0 Å². The van der Waals surface area contributed by atoms with E-state index in [1.807, 2.05) is 30.3 Å². The number of esters is 1. The van der Waals surface area contributed by atoms with Crippen molar-refractivity contribution in [2.75, 3.05) is 16.8 Å². The minimum absolute atomic E-state index is 0.0291. The van der Waals surface area contributed by atoms with Gasteiger partial charge < -0.3 is 9.47 Å². The van der Waals surface area contributed by atoms with Gasteiger partial charge in [0.15, 0.2) is 5.13 Å². The number of aromatic nitrogens is 1. The number of carbonyl (C=O) groups excluding carboxylic acids is 3. The highest BCUT2D eigenvalue weighted by Crippen LogP contribution is 2.29. The molecule has 0 aliphatic rings. The first-order valence-corrected chi connectivity index (χ1v) is 10.4. The number of anilines is 3. The van der Waals surface area contributed by atoms with Crippen molar-refractivity contribution in [3.63, 3.8) is 0 Å². The molecule has 2 amide bonds. The Morgan fingerprint density at radius 2 is 1.74 bits per heavy atom. The number of nitrogens with one attached hydrogen (secondary N) is 1. The maximum Gasteiger partial charge on any atom is 0.411 e. The van der Waals surface area contributed by atoms with Crippen LogP contribution in [0.15, 0.2) is 60.0 Å². The van der Waals surface area contributed by atoms with Gasteiger partial charge in [0.05, 0.1) is 23.6 Å². The molecule has 31 heavy (non-hydrogen) atoms. The number of carbonyl (C=O) groups is 3. The van der Waals surface area contributed by atoms with Crippen LogP contribution in [0.5, 0.6) is 0 Å². The number of para-hydroxylation sites is 1. The monoisotopic (exact) mass is 439 g/mol. The molecule has 1 N–H and O–H groups in total. The van der Waals surface area contributed by atoms with Gasteiger partial charge in [-0.1, -0.05) is 18.2 Å². The van der Waals surface area contributed by atoms with Crippen molar-refractivity contribution in [3.05, 3.63) is 71.2 Å². The third-order valence-corrected chi connectivity index (χ3v) is 4.93. The smallest absolute Gasteiger partial charge is 0.411 e. The molecule has 8 nitrogen and oxygen atoms in total. The van der Waals surface area contributed by atoms with E-state index in [1.165, 1.54) is 23.2 Å². The van der Waals surface area contributed by atoms with E-state index in [4.69, 9.17) is 9.47 Å². The summed E-state index contributed by atoms with van der Waals surface area (Å²) in [6, 6.07) is 15.5. The summed E-state index contributed by atoms with van der Waals surface area (Å²) in [5.41, 5.74) is 2.09. The summed E-state index contributed by atoms with van der Waals surface area (Å²) in [6.45, 7) is 3.42. The molecule has 1 aromatic heterocycles. The summed E-state index contributed by atoms with van der Waals surface area (Å²) in [4.78, 5) is 41.8. The molecule has 0 spiro atoms. The predicted molar refractivity (Wildman–Crippen MR) is 118 cm³/mol. The number of hydrogen-bond acceptors (Lipinski definition) is 7. The summed E-state index contributed by atoms with van der Waals surface area (Å²) in [7, 11) is 0. The van der Waals surface area contributed by atoms with Crippen LogP contribution in [0.1, 0.15) is 29.9 Å². The van der Waals surface area contributed by atoms with E-state index in [9.17, 15) is 14.4 Å². The zero-order valence-corrected chi connectivity index (χ0v) is 17.8. The molecule has 0 radical (unpaired) electrons. The van der Waals surface area contributed by atoms with Gasteiger partial charge in [-0.05, 0) is 43.3 Å². The molecular weight excluding hydrogens is 418 g/mol. The fourth-order valence-electron chi connectivity index (χ4n) is 2.67. The zero-order chi connectivity index (χ0) is 22.2. The zero-order valence-electron chi connectivity index (χ0n) is 17.0. The van der Waals surface area contributed by atoms with E-state index in [2.05, 4.69) is 10.3 Å². The van der Waals surface area contributed by atoms with Crippen molar-refractivity contribution in [1.82, 2.24) is 4.98 Å².